The molecule has 20 heavy (non-hydrogen) atoms. The number of hydrogen-bond donors (Lipinski definition) is 2. The molecule has 0 aliphatic heterocycles. The number of carboxylic acid groups (broad SMARTS) is 1. The standard InChI is InChI=1S/C13H19ClN2O3S/c1-8(2)6-10(12(17)18)15-13(19)16(3)7-9-4-5-11(14)20-9/h4-5,8,10H,6-7H2,1-3H3,(H,15,19)(H,17,18)/t10-/m0/s1. The molecular formula is C13H19ClN2O3S. The Balaban J connectivity index is 2.57. The molecule has 1 aromatic rings. The number of urea groups is 1. The number of aliphatic carboxylic acids is 1. The molecule has 0 fully saturated rings. The van der Waals surface area contributed by atoms with E-state index in [0.717, 1.165) is 4.88 Å². The average molecular weight is 319 g/mol. The monoisotopic (exact) mass is 318 g/mol. The number of carboxylic acids is 1. The average Bonchev–Trinajstić information content (AvgIpc) is 2.72. The highest BCUT2D eigenvalue weighted by molar-refractivity contribution is 7.16. The van der Waals surface area contributed by atoms with Gasteiger partial charge in [0.25, 0.3) is 0 Å². The zero-order chi connectivity index (χ0) is 15.3. The predicted molar refractivity (Wildman–Crippen MR) is 80.2 cm³/mol. The molecule has 2 N–H and O–H groups in total. The lowest BCUT2D eigenvalue weighted by Gasteiger charge is -2.22. The summed E-state index contributed by atoms with van der Waals surface area (Å²) >= 11 is 7.23. The number of hydrogen-bond acceptors (Lipinski definition) is 3. The number of carbonyl (C=O) groups excluding carboxylic acids is 1. The minimum atomic E-state index is -1.01. The van der Waals surface area contributed by atoms with Gasteiger partial charge in [-0.25, -0.2) is 9.59 Å². The van der Waals surface area contributed by atoms with E-state index < -0.39 is 18.0 Å². The van der Waals surface area contributed by atoms with Crippen molar-refractivity contribution in [2.24, 2.45) is 5.92 Å². The Morgan fingerprint density at radius 2 is 2.10 bits per heavy atom. The van der Waals surface area contributed by atoms with E-state index in [1.54, 1.807) is 13.1 Å². The van der Waals surface area contributed by atoms with Crippen LogP contribution < -0.4 is 5.32 Å². The molecule has 0 spiro atoms. The van der Waals surface area contributed by atoms with E-state index in [2.05, 4.69) is 5.32 Å². The second kappa shape index (κ2) is 7.50. The summed E-state index contributed by atoms with van der Waals surface area (Å²) in [5.41, 5.74) is 0. The normalized spacial score (nSPS) is 12.2. The maximum Gasteiger partial charge on any atom is 0.326 e. The summed E-state index contributed by atoms with van der Waals surface area (Å²) in [5.74, 6) is -0.822. The van der Waals surface area contributed by atoms with E-state index in [1.165, 1.54) is 16.2 Å². The van der Waals surface area contributed by atoms with Crippen LogP contribution in [0.2, 0.25) is 4.34 Å². The lowest BCUT2D eigenvalue weighted by atomic mass is 10.0. The van der Waals surface area contributed by atoms with Crippen LogP contribution in [0.15, 0.2) is 12.1 Å². The SMILES string of the molecule is CC(C)C[C@H](NC(=O)N(C)Cc1ccc(Cl)s1)C(=O)O. The fourth-order valence-corrected chi connectivity index (χ4v) is 2.84. The van der Waals surface area contributed by atoms with E-state index in [4.69, 9.17) is 16.7 Å². The molecule has 0 saturated carbocycles. The first kappa shape index (κ1) is 16.8. The number of thiophene rings is 1. The van der Waals surface area contributed by atoms with Gasteiger partial charge in [0.15, 0.2) is 0 Å². The number of nitrogens with zero attached hydrogens (tertiary/aromatic N) is 1. The first-order chi connectivity index (χ1) is 9.29. The second-order valence-corrected chi connectivity index (χ2v) is 6.83. The van der Waals surface area contributed by atoms with Crippen LogP contribution in [0.1, 0.15) is 25.1 Å². The zero-order valence-electron chi connectivity index (χ0n) is 11.7. The van der Waals surface area contributed by atoms with E-state index in [1.807, 2.05) is 19.9 Å². The summed E-state index contributed by atoms with van der Waals surface area (Å²) in [6.45, 7) is 4.23. The highest BCUT2D eigenvalue weighted by atomic mass is 35.5. The Bertz CT molecular complexity index is 476. The first-order valence-electron chi connectivity index (χ1n) is 6.28. The van der Waals surface area contributed by atoms with Crippen LogP contribution in [0, 0.1) is 5.92 Å². The van der Waals surface area contributed by atoms with Crippen LogP contribution in [0.4, 0.5) is 4.79 Å². The van der Waals surface area contributed by atoms with Crippen molar-refractivity contribution in [2.45, 2.75) is 32.9 Å². The molecule has 1 rings (SSSR count). The van der Waals surface area contributed by atoms with Gasteiger partial charge >= 0.3 is 12.0 Å². The Hall–Kier alpha value is -1.27. The molecule has 1 heterocycles. The smallest absolute Gasteiger partial charge is 0.326 e. The number of nitrogens with one attached hydrogen (secondary N) is 1. The molecule has 5 nitrogen and oxygen atoms in total. The molecule has 0 radical (unpaired) electrons. The fourth-order valence-electron chi connectivity index (χ4n) is 1.69. The van der Waals surface area contributed by atoms with Crippen LogP contribution in [-0.4, -0.2) is 35.1 Å². The predicted octanol–water partition coefficient (Wildman–Crippen LogP) is 3.04. The van der Waals surface area contributed by atoms with Gasteiger partial charge in [0.05, 0.1) is 10.9 Å². The van der Waals surface area contributed by atoms with Gasteiger partial charge in [0, 0.05) is 11.9 Å². The van der Waals surface area contributed by atoms with E-state index in [9.17, 15) is 9.59 Å². The van der Waals surface area contributed by atoms with Crippen molar-refractivity contribution in [1.82, 2.24) is 10.2 Å². The highest BCUT2D eigenvalue weighted by Crippen LogP contribution is 2.22. The van der Waals surface area contributed by atoms with Crippen molar-refractivity contribution in [3.05, 3.63) is 21.3 Å². The summed E-state index contributed by atoms with van der Waals surface area (Å²) < 4.78 is 0.664. The molecule has 0 aliphatic rings. The minimum Gasteiger partial charge on any atom is -0.480 e. The summed E-state index contributed by atoms with van der Waals surface area (Å²) in [6, 6.07) is 2.35. The highest BCUT2D eigenvalue weighted by Gasteiger charge is 2.22. The molecular weight excluding hydrogens is 300 g/mol. The van der Waals surface area contributed by atoms with E-state index in [0.29, 0.717) is 17.3 Å². The number of amides is 2. The summed E-state index contributed by atoms with van der Waals surface area (Å²) in [4.78, 5) is 25.5. The van der Waals surface area contributed by atoms with E-state index >= 15 is 0 Å². The van der Waals surface area contributed by atoms with Crippen LogP contribution >= 0.6 is 22.9 Å². The van der Waals surface area contributed by atoms with Gasteiger partial charge in [-0.05, 0) is 24.5 Å². The van der Waals surface area contributed by atoms with Crippen molar-refractivity contribution < 1.29 is 14.7 Å². The number of halogens is 1. The summed E-state index contributed by atoms with van der Waals surface area (Å²) in [5, 5.41) is 11.6. The quantitative estimate of drug-likeness (QED) is 0.847. The molecule has 7 heteroatoms. The third-order valence-electron chi connectivity index (χ3n) is 2.67. The summed E-state index contributed by atoms with van der Waals surface area (Å²) in [6.07, 6.45) is 0.403. The fraction of sp³-hybridized carbons (Fsp3) is 0.538. The van der Waals surface area contributed by atoms with Crippen molar-refractivity contribution >= 4 is 34.9 Å². The van der Waals surface area contributed by atoms with Crippen LogP contribution in [0.25, 0.3) is 0 Å². The first-order valence-corrected chi connectivity index (χ1v) is 7.47. The maximum atomic E-state index is 12.0. The molecule has 0 unspecified atom stereocenters. The van der Waals surface area contributed by atoms with Crippen molar-refractivity contribution in [3.8, 4) is 0 Å². The Labute approximate surface area is 127 Å². The largest absolute Gasteiger partial charge is 0.480 e. The van der Waals surface area contributed by atoms with Gasteiger partial charge < -0.3 is 15.3 Å². The second-order valence-electron chi connectivity index (χ2n) is 5.03. The van der Waals surface area contributed by atoms with Gasteiger partial charge in [-0.15, -0.1) is 11.3 Å². The van der Waals surface area contributed by atoms with Crippen molar-refractivity contribution in [2.75, 3.05) is 7.05 Å². The van der Waals surface area contributed by atoms with Crippen LogP contribution in [0.3, 0.4) is 0 Å². The third kappa shape index (κ3) is 5.38. The van der Waals surface area contributed by atoms with Crippen molar-refractivity contribution in [3.63, 3.8) is 0 Å². The van der Waals surface area contributed by atoms with Gasteiger partial charge in [0.1, 0.15) is 6.04 Å². The lowest BCUT2D eigenvalue weighted by Crippen LogP contribution is -2.46. The van der Waals surface area contributed by atoms with Gasteiger partial charge in [-0.3, -0.25) is 0 Å². The van der Waals surface area contributed by atoms with Crippen molar-refractivity contribution in [1.29, 1.82) is 0 Å². The van der Waals surface area contributed by atoms with Crippen LogP contribution in [0.5, 0.6) is 0 Å². The molecule has 1 aromatic heterocycles. The number of carbonyl (C=O) groups is 2. The molecule has 1 atom stereocenters. The van der Waals surface area contributed by atoms with Gasteiger partial charge in [-0.1, -0.05) is 25.4 Å². The number of rotatable bonds is 6. The Kier molecular flexibility index (Phi) is 6.29. The zero-order valence-corrected chi connectivity index (χ0v) is 13.3. The Morgan fingerprint density at radius 1 is 1.45 bits per heavy atom. The maximum absolute atomic E-state index is 12.0. The van der Waals surface area contributed by atoms with Gasteiger partial charge in [0.2, 0.25) is 0 Å². The topological polar surface area (TPSA) is 69.6 Å². The minimum absolute atomic E-state index is 0.192. The van der Waals surface area contributed by atoms with E-state index in [-0.39, 0.29) is 5.92 Å². The van der Waals surface area contributed by atoms with Crippen LogP contribution in [-0.2, 0) is 11.3 Å². The molecule has 2 amide bonds. The third-order valence-corrected chi connectivity index (χ3v) is 3.89. The molecule has 0 aromatic carbocycles. The summed E-state index contributed by atoms with van der Waals surface area (Å²) in [7, 11) is 1.62. The van der Waals surface area contributed by atoms with Gasteiger partial charge in [-0.2, -0.15) is 0 Å². The molecule has 0 saturated heterocycles. The Morgan fingerprint density at radius 3 is 2.55 bits per heavy atom. The molecule has 0 bridgehead atoms. The lowest BCUT2D eigenvalue weighted by molar-refractivity contribution is -0.139. The molecule has 0 aliphatic carbocycles. The molecule has 112 valence electrons.